The second kappa shape index (κ2) is 8.01. The number of hydrogen-bond donors (Lipinski definition) is 2. The number of halogens is 1. The molecule has 5 nitrogen and oxygen atoms in total. The number of nitrogens with one attached hydrogen (secondary N) is 2. The average Bonchev–Trinajstić information content (AvgIpc) is 3.44. The zero-order valence-corrected chi connectivity index (χ0v) is 16.2. The van der Waals surface area contributed by atoms with Gasteiger partial charge in [0, 0.05) is 11.6 Å². The lowest BCUT2D eigenvalue weighted by Crippen LogP contribution is -2.39. The number of benzene rings is 2. The molecule has 0 saturated heterocycles. The Morgan fingerprint density at radius 1 is 1.07 bits per heavy atom. The van der Waals surface area contributed by atoms with Gasteiger partial charge in [-0.15, -0.1) is 0 Å². The smallest absolute Gasteiger partial charge is 0.240 e. The van der Waals surface area contributed by atoms with Crippen molar-refractivity contribution in [3.05, 3.63) is 59.1 Å². The molecule has 142 valence electrons. The van der Waals surface area contributed by atoms with E-state index in [1.165, 1.54) is 0 Å². The molecule has 1 fully saturated rings. The molecule has 0 spiro atoms. The van der Waals surface area contributed by atoms with Gasteiger partial charge >= 0.3 is 0 Å². The monoisotopic (exact) mass is 386 g/mol. The van der Waals surface area contributed by atoms with E-state index in [1.54, 1.807) is 24.3 Å². The van der Waals surface area contributed by atoms with Gasteiger partial charge in [-0.3, -0.25) is 9.59 Å². The van der Waals surface area contributed by atoms with E-state index in [0.717, 1.165) is 5.56 Å². The van der Waals surface area contributed by atoms with Crippen LogP contribution >= 0.6 is 11.6 Å². The fourth-order valence-electron chi connectivity index (χ4n) is 2.80. The van der Waals surface area contributed by atoms with Crippen LogP contribution in [0.15, 0.2) is 48.5 Å². The summed E-state index contributed by atoms with van der Waals surface area (Å²) in [5.41, 5.74) is 0.504. The van der Waals surface area contributed by atoms with Gasteiger partial charge in [0.05, 0.1) is 11.8 Å². The van der Waals surface area contributed by atoms with Gasteiger partial charge < -0.3 is 15.4 Å². The molecular formula is C21H23ClN2O3. The average molecular weight is 387 g/mol. The molecule has 2 aromatic rings. The van der Waals surface area contributed by atoms with Crippen molar-refractivity contribution in [2.24, 2.45) is 5.41 Å². The Kier molecular flexibility index (Phi) is 5.71. The molecule has 0 unspecified atom stereocenters. The number of amides is 2. The summed E-state index contributed by atoms with van der Waals surface area (Å²) in [6.45, 7) is 4.20. The maximum Gasteiger partial charge on any atom is 0.240 e. The molecule has 1 saturated carbocycles. The summed E-state index contributed by atoms with van der Waals surface area (Å²) in [5.74, 6) is 0.0475. The molecular weight excluding hydrogens is 364 g/mol. The fourth-order valence-corrected chi connectivity index (χ4v) is 2.93. The Labute approximate surface area is 164 Å². The summed E-state index contributed by atoms with van der Waals surface area (Å²) in [6.07, 6.45) is 1.07. The van der Waals surface area contributed by atoms with Crippen LogP contribution in [-0.4, -0.2) is 17.9 Å². The lowest BCUT2D eigenvalue weighted by Gasteiger charge is -2.18. The predicted octanol–water partition coefficient (Wildman–Crippen LogP) is 4.16. The SMILES string of the molecule is CC(C)Oc1ccccc1NC(=O)C1(C(=O)NCc2ccc(Cl)cc2)CC1. The molecule has 0 aliphatic heterocycles. The van der Waals surface area contributed by atoms with Crippen LogP contribution in [0, 0.1) is 5.41 Å². The largest absolute Gasteiger partial charge is 0.489 e. The van der Waals surface area contributed by atoms with E-state index in [1.807, 2.05) is 38.1 Å². The van der Waals surface area contributed by atoms with Crippen molar-refractivity contribution in [3.63, 3.8) is 0 Å². The fraction of sp³-hybridized carbons (Fsp3) is 0.333. The summed E-state index contributed by atoms with van der Waals surface area (Å²) < 4.78 is 5.73. The third-order valence-corrected chi connectivity index (χ3v) is 4.74. The Bertz CT molecular complexity index is 830. The normalized spacial score (nSPS) is 14.5. The van der Waals surface area contributed by atoms with Crippen molar-refractivity contribution in [2.45, 2.75) is 39.3 Å². The first kappa shape index (κ1) is 19.2. The van der Waals surface area contributed by atoms with Crippen molar-refractivity contribution in [1.82, 2.24) is 5.32 Å². The van der Waals surface area contributed by atoms with E-state index in [2.05, 4.69) is 10.6 Å². The van der Waals surface area contributed by atoms with Crippen molar-refractivity contribution < 1.29 is 14.3 Å². The van der Waals surface area contributed by atoms with Crippen LogP contribution in [0.5, 0.6) is 5.75 Å². The van der Waals surface area contributed by atoms with Gasteiger partial charge in [-0.1, -0.05) is 35.9 Å². The van der Waals surface area contributed by atoms with Crippen LogP contribution in [0.25, 0.3) is 0 Å². The van der Waals surface area contributed by atoms with E-state index in [4.69, 9.17) is 16.3 Å². The highest BCUT2D eigenvalue weighted by Gasteiger charge is 2.56. The molecule has 3 rings (SSSR count). The van der Waals surface area contributed by atoms with Gasteiger partial charge in [0.1, 0.15) is 11.2 Å². The molecule has 27 heavy (non-hydrogen) atoms. The van der Waals surface area contributed by atoms with Crippen molar-refractivity contribution in [3.8, 4) is 5.75 Å². The number of anilines is 1. The van der Waals surface area contributed by atoms with Crippen LogP contribution < -0.4 is 15.4 Å². The maximum absolute atomic E-state index is 12.8. The highest BCUT2D eigenvalue weighted by molar-refractivity contribution is 6.30. The van der Waals surface area contributed by atoms with Crippen molar-refractivity contribution >= 4 is 29.1 Å². The quantitative estimate of drug-likeness (QED) is 0.702. The molecule has 0 radical (unpaired) electrons. The molecule has 0 heterocycles. The molecule has 0 atom stereocenters. The van der Waals surface area contributed by atoms with E-state index in [-0.39, 0.29) is 17.9 Å². The second-order valence-electron chi connectivity index (χ2n) is 7.01. The summed E-state index contributed by atoms with van der Waals surface area (Å²) in [5, 5.41) is 6.37. The second-order valence-corrected chi connectivity index (χ2v) is 7.44. The Morgan fingerprint density at radius 2 is 1.74 bits per heavy atom. The predicted molar refractivity (Wildman–Crippen MR) is 106 cm³/mol. The van der Waals surface area contributed by atoms with Crippen molar-refractivity contribution in [2.75, 3.05) is 5.32 Å². The minimum atomic E-state index is -1.00. The highest BCUT2D eigenvalue weighted by Crippen LogP contribution is 2.47. The third-order valence-electron chi connectivity index (χ3n) is 4.48. The molecule has 6 heteroatoms. The standard InChI is InChI=1S/C21H23ClN2O3/c1-14(2)27-18-6-4-3-5-17(18)24-20(26)21(11-12-21)19(25)23-13-15-7-9-16(22)10-8-15/h3-10,14H,11-13H2,1-2H3,(H,23,25)(H,24,26). The molecule has 1 aliphatic rings. The number of ether oxygens (including phenoxy) is 1. The first-order valence-corrected chi connectivity index (χ1v) is 9.38. The molecule has 0 bridgehead atoms. The molecule has 2 N–H and O–H groups in total. The van der Waals surface area contributed by atoms with Crippen molar-refractivity contribution in [1.29, 1.82) is 0 Å². The van der Waals surface area contributed by atoms with Crippen LogP contribution in [0.3, 0.4) is 0 Å². The Morgan fingerprint density at radius 3 is 2.37 bits per heavy atom. The lowest BCUT2D eigenvalue weighted by atomic mass is 10.0. The van der Waals surface area contributed by atoms with Gasteiger partial charge in [0.2, 0.25) is 11.8 Å². The maximum atomic E-state index is 12.8. The van der Waals surface area contributed by atoms with Gasteiger partial charge in [0.25, 0.3) is 0 Å². The zero-order valence-electron chi connectivity index (χ0n) is 15.4. The molecule has 2 aromatic carbocycles. The van der Waals surface area contributed by atoms with Gasteiger partial charge in [-0.2, -0.15) is 0 Å². The number of para-hydroxylation sites is 2. The first-order chi connectivity index (χ1) is 12.9. The van der Waals surface area contributed by atoms with E-state index >= 15 is 0 Å². The van der Waals surface area contributed by atoms with E-state index in [0.29, 0.717) is 35.8 Å². The molecule has 0 aromatic heterocycles. The number of hydrogen-bond acceptors (Lipinski definition) is 3. The third kappa shape index (κ3) is 4.61. The summed E-state index contributed by atoms with van der Waals surface area (Å²) >= 11 is 5.87. The van der Waals surface area contributed by atoms with E-state index in [9.17, 15) is 9.59 Å². The summed E-state index contributed by atoms with van der Waals surface area (Å²) in [7, 11) is 0. The minimum Gasteiger partial charge on any atom is -0.489 e. The van der Waals surface area contributed by atoms with Gasteiger partial charge in [-0.05, 0) is 56.5 Å². The summed E-state index contributed by atoms with van der Waals surface area (Å²) in [4.78, 5) is 25.4. The topological polar surface area (TPSA) is 67.4 Å². The molecule has 1 aliphatic carbocycles. The lowest BCUT2D eigenvalue weighted by molar-refractivity contribution is -0.134. The van der Waals surface area contributed by atoms with Crippen LogP contribution in [-0.2, 0) is 16.1 Å². The number of carbonyl (C=O) groups excluding carboxylic acids is 2. The minimum absolute atomic E-state index is 0.0133. The van der Waals surface area contributed by atoms with E-state index < -0.39 is 5.41 Å². The summed E-state index contributed by atoms with van der Waals surface area (Å²) in [6, 6.07) is 14.5. The Hall–Kier alpha value is -2.53. The Balaban J connectivity index is 1.64. The number of rotatable bonds is 7. The van der Waals surface area contributed by atoms with Crippen LogP contribution in [0.4, 0.5) is 5.69 Å². The zero-order chi connectivity index (χ0) is 19.4. The number of carbonyl (C=O) groups is 2. The van der Waals surface area contributed by atoms with Crippen LogP contribution in [0.2, 0.25) is 5.02 Å². The highest BCUT2D eigenvalue weighted by atomic mass is 35.5. The molecule has 2 amide bonds. The first-order valence-electron chi connectivity index (χ1n) is 9.00. The van der Waals surface area contributed by atoms with Gasteiger partial charge in [-0.25, -0.2) is 0 Å². The van der Waals surface area contributed by atoms with Crippen LogP contribution in [0.1, 0.15) is 32.3 Å². The van der Waals surface area contributed by atoms with Gasteiger partial charge in [0.15, 0.2) is 0 Å².